The van der Waals surface area contributed by atoms with E-state index in [0.717, 1.165) is 24.3 Å². The summed E-state index contributed by atoms with van der Waals surface area (Å²) in [5.74, 6) is 2.49. The largest absolute Gasteiger partial charge is 0.399 e. The second kappa shape index (κ2) is 5.39. The molecule has 1 saturated carbocycles. The molecule has 1 N–H and O–H groups in total. The molecule has 1 aliphatic carbocycles. The summed E-state index contributed by atoms with van der Waals surface area (Å²) in [7, 11) is 2.00. The number of piperidine rings is 1. The molecular formula is C13H27NO2Si. The summed E-state index contributed by atoms with van der Waals surface area (Å²) in [5, 5.41) is 3.84. The smallest absolute Gasteiger partial charge is 0.341 e. The molecule has 1 aliphatic heterocycles. The summed E-state index contributed by atoms with van der Waals surface area (Å²) in [4.78, 5) is 0. The third kappa shape index (κ3) is 2.32. The first kappa shape index (κ1) is 13.5. The van der Waals surface area contributed by atoms with E-state index in [1.54, 1.807) is 0 Å². The molecule has 0 bridgehead atoms. The van der Waals surface area contributed by atoms with E-state index in [4.69, 9.17) is 8.85 Å². The molecule has 0 aromatic carbocycles. The van der Waals surface area contributed by atoms with E-state index < -0.39 is 9.28 Å². The Balaban J connectivity index is 2.20. The first-order valence-corrected chi connectivity index (χ1v) is 8.46. The molecule has 3 nitrogen and oxygen atoms in total. The van der Waals surface area contributed by atoms with Gasteiger partial charge in [-0.3, -0.25) is 0 Å². The molecule has 2 fully saturated rings. The van der Waals surface area contributed by atoms with Crippen molar-refractivity contribution in [2.75, 3.05) is 20.8 Å². The van der Waals surface area contributed by atoms with Gasteiger partial charge in [-0.2, -0.15) is 0 Å². The van der Waals surface area contributed by atoms with Crippen LogP contribution in [0.1, 0.15) is 39.5 Å². The van der Waals surface area contributed by atoms with E-state index in [1.165, 1.54) is 25.7 Å². The van der Waals surface area contributed by atoms with Gasteiger partial charge in [0, 0.05) is 14.2 Å². The normalized spacial score (nSPS) is 42.5. The summed E-state index contributed by atoms with van der Waals surface area (Å²) in [6.07, 6.45) is 5.45. The van der Waals surface area contributed by atoms with E-state index in [9.17, 15) is 0 Å². The Kier molecular flexibility index (Phi) is 4.29. The van der Waals surface area contributed by atoms with Crippen LogP contribution in [0.2, 0.25) is 0 Å². The molecule has 1 heterocycles. The van der Waals surface area contributed by atoms with Gasteiger partial charge >= 0.3 is 9.28 Å². The van der Waals surface area contributed by atoms with Gasteiger partial charge < -0.3 is 14.2 Å². The molecule has 4 heteroatoms. The maximum absolute atomic E-state index is 5.68. The molecule has 2 aliphatic rings. The highest BCUT2D eigenvalue weighted by atomic mass is 28.3. The first-order chi connectivity index (χ1) is 8.13. The number of nitrogens with one attached hydrogen (secondary N) is 1. The van der Waals surface area contributed by atoms with Crippen LogP contribution >= 0.6 is 0 Å². The predicted molar refractivity (Wildman–Crippen MR) is 72.2 cm³/mol. The monoisotopic (exact) mass is 257 g/mol. The first-order valence-electron chi connectivity index (χ1n) is 6.94. The molecule has 0 aromatic rings. The van der Waals surface area contributed by atoms with Crippen molar-refractivity contribution < 1.29 is 8.85 Å². The Hall–Kier alpha value is 0.0969. The highest BCUT2D eigenvalue weighted by Gasteiger charge is 2.51. The van der Waals surface area contributed by atoms with Crippen LogP contribution in [0.25, 0.3) is 0 Å². The molecule has 1 saturated heterocycles. The van der Waals surface area contributed by atoms with E-state index in [0.29, 0.717) is 0 Å². The molecule has 0 radical (unpaired) electrons. The van der Waals surface area contributed by atoms with Gasteiger partial charge in [0.05, 0.1) is 5.16 Å². The summed E-state index contributed by atoms with van der Waals surface area (Å²) >= 11 is 0. The van der Waals surface area contributed by atoms with Crippen LogP contribution in [0, 0.1) is 17.8 Å². The molecular weight excluding hydrogens is 230 g/mol. The zero-order valence-corrected chi connectivity index (χ0v) is 12.8. The lowest BCUT2D eigenvalue weighted by Gasteiger charge is -2.52. The quantitative estimate of drug-likeness (QED) is 0.783. The average molecular weight is 257 g/mol. The zero-order chi connectivity index (χ0) is 12.5. The van der Waals surface area contributed by atoms with Gasteiger partial charge in [0.15, 0.2) is 0 Å². The predicted octanol–water partition coefficient (Wildman–Crippen LogP) is 1.84. The Bertz CT molecular complexity index is 260. The van der Waals surface area contributed by atoms with E-state index >= 15 is 0 Å². The number of fused-ring (bicyclic) bond motifs is 1. The molecule has 17 heavy (non-hydrogen) atoms. The molecule has 0 aromatic heterocycles. The minimum absolute atomic E-state index is 0.112. The Morgan fingerprint density at radius 3 is 2.53 bits per heavy atom. The third-order valence-corrected chi connectivity index (χ3v) is 7.56. The molecule has 0 amide bonds. The van der Waals surface area contributed by atoms with Crippen molar-refractivity contribution in [2.45, 2.75) is 44.7 Å². The highest BCUT2D eigenvalue weighted by Crippen LogP contribution is 2.45. The van der Waals surface area contributed by atoms with E-state index in [1.807, 2.05) is 14.2 Å². The third-order valence-electron chi connectivity index (χ3n) is 5.09. The van der Waals surface area contributed by atoms with Crippen molar-refractivity contribution >= 4 is 9.28 Å². The maximum Gasteiger partial charge on any atom is 0.341 e. The summed E-state index contributed by atoms with van der Waals surface area (Å²) in [6.45, 7) is 5.89. The van der Waals surface area contributed by atoms with Gasteiger partial charge in [0.1, 0.15) is 0 Å². The minimum atomic E-state index is -1.62. The molecule has 4 atom stereocenters. The van der Waals surface area contributed by atoms with Crippen LogP contribution in [0.4, 0.5) is 0 Å². The van der Waals surface area contributed by atoms with Gasteiger partial charge in [0.25, 0.3) is 0 Å². The van der Waals surface area contributed by atoms with Gasteiger partial charge in [-0.1, -0.05) is 19.8 Å². The fourth-order valence-electron chi connectivity index (χ4n) is 4.20. The SMILES string of the molecule is CO[SiH](OC)C1(C)NCCC2C(C)CCCC21. The lowest BCUT2D eigenvalue weighted by atomic mass is 9.66. The minimum Gasteiger partial charge on any atom is -0.399 e. The maximum atomic E-state index is 5.68. The van der Waals surface area contributed by atoms with Crippen molar-refractivity contribution in [3.05, 3.63) is 0 Å². The van der Waals surface area contributed by atoms with Crippen LogP contribution in [0.5, 0.6) is 0 Å². The lowest BCUT2D eigenvalue weighted by molar-refractivity contribution is 0.0507. The van der Waals surface area contributed by atoms with Gasteiger partial charge in [0.2, 0.25) is 0 Å². The van der Waals surface area contributed by atoms with Crippen molar-refractivity contribution in [3.63, 3.8) is 0 Å². The van der Waals surface area contributed by atoms with E-state index in [2.05, 4.69) is 19.2 Å². The van der Waals surface area contributed by atoms with Crippen LogP contribution in [0.15, 0.2) is 0 Å². The van der Waals surface area contributed by atoms with Crippen molar-refractivity contribution in [2.24, 2.45) is 17.8 Å². The molecule has 0 spiro atoms. The Labute approximate surface area is 107 Å². The number of hydrogen-bond donors (Lipinski definition) is 1. The number of hydrogen-bond acceptors (Lipinski definition) is 3. The van der Waals surface area contributed by atoms with Crippen LogP contribution in [-0.4, -0.2) is 35.2 Å². The Morgan fingerprint density at radius 1 is 1.18 bits per heavy atom. The van der Waals surface area contributed by atoms with Crippen molar-refractivity contribution in [1.29, 1.82) is 0 Å². The van der Waals surface area contributed by atoms with Crippen LogP contribution in [0.3, 0.4) is 0 Å². The van der Waals surface area contributed by atoms with E-state index in [-0.39, 0.29) is 5.16 Å². The standard InChI is InChI=1S/C13H27NO2Si/c1-10-6-5-7-12-11(10)8-9-14-13(12,2)17(15-3)16-4/h10-12,14,17H,5-9H2,1-4H3. The summed E-state index contributed by atoms with van der Waals surface area (Å²) in [6, 6.07) is 0. The fraction of sp³-hybridized carbons (Fsp3) is 1.00. The topological polar surface area (TPSA) is 30.5 Å². The highest BCUT2D eigenvalue weighted by molar-refractivity contribution is 6.48. The van der Waals surface area contributed by atoms with Crippen molar-refractivity contribution in [1.82, 2.24) is 5.32 Å². The van der Waals surface area contributed by atoms with Crippen LogP contribution in [-0.2, 0) is 8.85 Å². The zero-order valence-electron chi connectivity index (χ0n) is 11.7. The molecule has 4 unspecified atom stereocenters. The number of rotatable bonds is 3. The van der Waals surface area contributed by atoms with Crippen molar-refractivity contribution in [3.8, 4) is 0 Å². The Morgan fingerprint density at radius 2 is 1.88 bits per heavy atom. The fourth-order valence-corrected chi connectivity index (χ4v) is 6.44. The lowest BCUT2D eigenvalue weighted by Crippen LogP contribution is -2.67. The molecule has 100 valence electrons. The summed E-state index contributed by atoms with van der Waals surface area (Å²) in [5.41, 5.74) is 0. The van der Waals surface area contributed by atoms with Gasteiger partial charge in [-0.25, -0.2) is 0 Å². The summed E-state index contributed by atoms with van der Waals surface area (Å²) < 4.78 is 11.4. The van der Waals surface area contributed by atoms with Gasteiger partial charge in [-0.15, -0.1) is 0 Å². The van der Waals surface area contributed by atoms with Gasteiger partial charge in [-0.05, 0) is 44.1 Å². The molecule has 2 rings (SSSR count). The second-order valence-electron chi connectivity index (χ2n) is 5.98. The average Bonchev–Trinajstić information content (AvgIpc) is 2.32. The van der Waals surface area contributed by atoms with Crippen LogP contribution < -0.4 is 5.32 Å². The second-order valence-corrected chi connectivity index (χ2v) is 8.79.